The van der Waals surface area contributed by atoms with E-state index >= 15 is 0 Å². The Morgan fingerprint density at radius 2 is 2.13 bits per heavy atom. The standard InChI is InChI=1S/C21H27F3N2O4/c1-14-5-4-8-20(12-14)26(17(13-30-20)18(27)25-9-10-29-2)19(28)15-6-3-7-16(11-15)21(22,23)24/h3,6-7,11,14,17H,4-5,8-10,12-13H2,1-2H3,(H,25,27)/t14-,17-,20-/m0/s1. The normalized spacial score (nSPS) is 26.8. The number of rotatable bonds is 5. The van der Waals surface area contributed by atoms with Gasteiger partial charge < -0.3 is 14.8 Å². The highest BCUT2D eigenvalue weighted by atomic mass is 19.4. The minimum atomic E-state index is -4.56. The van der Waals surface area contributed by atoms with Crippen molar-refractivity contribution in [3.8, 4) is 0 Å². The molecule has 1 spiro atoms. The molecule has 2 amide bonds. The van der Waals surface area contributed by atoms with Gasteiger partial charge in [-0.2, -0.15) is 13.2 Å². The number of alkyl halides is 3. The molecule has 1 heterocycles. The van der Waals surface area contributed by atoms with Gasteiger partial charge in [-0.3, -0.25) is 14.5 Å². The molecule has 166 valence electrons. The lowest BCUT2D eigenvalue weighted by Crippen LogP contribution is -2.57. The van der Waals surface area contributed by atoms with E-state index in [2.05, 4.69) is 5.32 Å². The van der Waals surface area contributed by atoms with Crippen molar-refractivity contribution in [3.05, 3.63) is 35.4 Å². The Morgan fingerprint density at radius 1 is 1.37 bits per heavy atom. The van der Waals surface area contributed by atoms with E-state index in [-0.39, 0.29) is 24.6 Å². The predicted octanol–water partition coefficient (Wildman–Crippen LogP) is 3.22. The summed E-state index contributed by atoms with van der Waals surface area (Å²) in [6.45, 7) is 2.63. The van der Waals surface area contributed by atoms with E-state index in [9.17, 15) is 22.8 Å². The van der Waals surface area contributed by atoms with Crippen molar-refractivity contribution in [3.63, 3.8) is 0 Å². The van der Waals surface area contributed by atoms with Crippen LogP contribution in [-0.4, -0.2) is 55.3 Å². The van der Waals surface area contributed by atoms with Crippen molar-refractivity contribution in [2.45, 2.75) is 50.6 Å². The summed E-state index contributed by atoms with van der Waals surface area (Å²) in [7, 11) is 1.51. The number of ether oxygens (including phenoxy) is 2. The maximum Gasteiger partial charge on any atom is 0.416 e. The Labute approximate surface area is 173 Å². The fraction of sp³-hybridized carbons (Fsp3) is 0.619. The Kier molecular flexibility index (Phi) is 6.71. The first-order chi connectivity index (χ1) is 14.2. The van der Waals surface area contributed by atoms with Crippen molar-refractivity contribution in [2.24, 2.45) is 5.92 Å². The van der Waals surface area contributed by atoms with Crippen LogP contribution >= 0.6 is 0 Å². The van der Waals surface area contributed by atoms with Crippen LogP contribution in [0.25, 0.3) is 0 Å². The first-order valence-electron chi connectivity index (χ1n) is 10.1. The molecule has 9 heteroatoms. The molecule has 3 rings (SSSR count). The molecule has 0 radical (unpaired) electrons. The number of carbonyl (C=O) groups is 2. The third-order valence-electron chi connectivity index (χ3n) is 5.76. The van der Waals surface area contributed by atoms with Gasteiger partial charge in [-0.15, -0.1) is 0 Å². The lowest BCUT2D eigenvalue weighted by molar-refractivity contribution is -0.137. The molecule has 0 unspecified atom stereocenters. The van der Waals surface area contributed by atoms with E-state index in [1.54, 1.807) is 0 Å². The molecule has 3 atom stereocenters. The van der Waals surface area contributed by atoms with Crippen molar-refractivity contribution >= 4 is 11.8 Å². The highest BCUT2D eigenvalue weighted by Crippen LogP contribution is 2.43. The fourth-order valence-corrected chi connectivity index (χ4v) is 4.37. The number of carbonyl (C=O) groups excluding carboxylic acids is 2. The molecule has 1 aromatic rings. The minimum absolute atomic E-state index is 0.0102. The molecular formula is C21H27F3N2O4. The molecule has 1 aromatic carbocycles. The summed E-state index contributed by atoms with van der Waals surface area (Å²) in [5.41, 5.74) is -1.99. The van der Waals surface area contributed by atoms with Gasteiger partial charge in [0.05, 0.1) is 18.8 Å². The summed E-state index contributed by atoms with van der Waals surface area (Å²) in [4.78, 5) is 27.6. The Bertz CT molecular complexity index is 786. The summed E-state index contributed by atoms with van der Waals surface area (Å²) in [6, 6.07) is 3.40. The molecule has 1 saturated carbocycles. The van der Waals surface area contributed by atoms with Crippen molar-refractivity contribution in [1.29, 1.82) is 0 Å². The minimum Gasteiger partial charge on any atom is -0.383 e. The van der Waals surface area contributed by atoms with E-state index in [0.717, 1.165) is 25.0 Å². The Morgan fingerprint density at radius 3 is 2.80 bits per heavy atom. The van der Waals surface area contributed by atoms with Crippen LogP contribution in [-0.2, 0) is 20.4 Å². The molecule has 1 saturated heterocycles. The van der Waals surface area contributed by atoms with Gasteiger partial charge in [0.1, 0.15) is 11.8 Å². The van der Waals surface area contributed by atoms with Crippen LogP contribution in [0.3, 0.4) is 0 Å². The average molecular weight is 428 g/mol. The van der Waals surface area contributed by atoms with E-state index in [1.807, 2.05) is 6.92 Å². The number of nitrogens with zero attached hydrogens (tertiary/aromatic N) is 1. The van der Waals surface area contributed by atoms with Crippen LogP contribution in [0.5, 0.6) is 0 Å². The molecular weight excluding hydrogens is 401 g/mol. The zero-order valence-electron chi connectivity index (χ0n) is 17.1. The number of hydrogen-bond donors (Lipinski definition) is 1. The largest absolute Gasteiger partial charge is 0.416 e. The second-order valence-electron chi connectivity index (χ2n) is 8.01. The van der Waals surface area contributed by atoms with Gasteiger partial charge in [0.15, 0.2) is 0 Å². The van der Waals surface area contributed by atoms with Crippen LogP contribution in [0.15, 0.2) is 24.3 Å². The van der Waals surface area contributed by atoms with Crippen LogP contribution in [0, 0.1) is 5.92 Å². The third-order valence-corrected chi connectivity index (χ3v) is 5.76. The molecule has 0 aromatic heterocycles. The lowest BCUT2D eigenvalue weighted by atomic mass is 9.83. The van der Waals surface area contributed by atoms with Gasteiger partial charge in [-0.05, 0) is 43.4 Å². The van der Waals surface area contributed by atoms with E-state index in [1.165, 1.54) is 24.1 Å². The lowest BCUT2D eigenvalue weighted by Gasteiger charge is -2.43. The zero-order valence-corrected chi connectivity index (χ0v) is 17.1. The van der Waals surface area contributed by atoms with Crippen LogP contribution < -0.4 is 5.32 Å². The van der Waals surface area contributed by atoms with Gasteiger partial charge in [0.2, 0.25) is 5.91 Å². The summed E-state index contributed by atoms with van der Waals surface area (Å²) in [5.74, 6) is -0.757. The first-order valence-corrected chi connectivity index (χ1v) is 10.1. The SMILES string of the molecule is COCCNC(=O)[C@@H]1CO[C@]2(CCC[C@H](C)C2)N1C(=O)c1cccc(C(F)(F)F)c1. The van der Waals surface area contributed by atoms with E-state index < -0.39 is 35.3 Å². The second kappa shape index (κ2) is 8.93. The van der Waals surface area contributed by atoms with E-state index in [0.29, 0.717) is 19.4 Å². The summed E-state index contributed by atoms with van der Waals surface area (Å²) in [6.07, 6.45) is -1.69. The summed E-state index contributed by atoms with van der Waals surface area (Å²) < 4.78 is 50.5. The summed E-state index contributed by atoms with van der Waals surface area (Å²) >= 11 is 0. The molecule has 2 aliphatic rings. The maximum absolute atomic E-state index is 13.4. The maximum atomic E-state index is 13.4. The van der Waals surface area contributed by atoms with E-state index in [4.69, 9.17) is 9.47 Å². The predicted molar refractivity (Wildman–Crippen MR) is 103 cm³/mol. The number of benzene rings is 1. The summed E-state index contributed by atoms with van der Waals surface area (Å²) in [5, 5.41) is 2.71. The average Bonchev–Trinajstić information content (AvgIpc) is 3.05. The van der Waals surface area contributed by atoms with Gasteiger partial charge in [0.25, 0.3) is 5.91 Å². The molecule has 1 aliphatic carbocycles. The van der Waals surface area contributed by atoms with Gasteiger partial charge in [-0.25, -0.2) is 0 Å². The van der Waals surface area contributed by atoms with Crippen LogP contribution in [0.2, 0.25) is 0 Å². The molecule has 2 fully saturated rings. The van der Waals surface area contributed by atoms with Gasteiger partial charge in [0, 0.05) is 19.2 Å². The topological polar surface area (TPSA) is 67.9 Å². The molecule has 1 N–H and O–H groups in total. The van der Waals surface area contributed by atoms with Gasteiger partial charge >= 0.3 is 6.18 Å². The number of nitrogens with one attached hydrogen (secondary N) is 1. The van der Waals surface area contributed by atoms with Crippen molar-refractivity contribution < 1.29 is 32.2 Å². The Hall–Kier alpha value is -2.13. The number of amides is 2. The second-order valence-corrected chi connectivity index (χ2v) is 8.01. The van der Waals surface area contributed by atoms with Crippen molar-refractivity contribution in [1.82, 2.24) is 10.2 Å². The fourth-order valence-electron chi connectivity index (χ4n) is 4.37. The number of hydrogen-bond acceptors (Lipinski definition) is 4. The third kappa shape index (κ3) is 4.62. The first kappa shape index (κ1) is 22.6. The molecule has 1 aliphatic heterocycles. The van der Waals surface area contributed by atoms with Crippen LogP contribution in [0.1, 0.15) is 48.5 Å². The highest BCUT2D eigenvalue weighted by Gasteiger charge is 2.54. The zero-order chi connectivity index (χ0) is 21.9. The number of halogens is 3. The number of methoxy groups -OCH3 is 1. The molecule has 30 heavy (non-hydrogen) atoms. The molecule has 0 bridgehead atoms. The smallest absolute Gasteiger partial charge is 0.383 e. The Balaban J connectivity index is 1.93. The van der Waals surface area contributed by atoms with Gasteiger partial charge in [-0.1, -0.05) is 19.4 Å². The molecule has 6 nitrogen and oxygen atoms in total. The monoisotopic (exact) mass is 428 g/mol. The van der Waals surface area contributed by atoms with Crippen LogP contribution in [0.4, 0.5) is 13.2 Å². The quantitative estimate of drug-likeness (QED) is 0.732. The van der Waals surface area contributed by atoms with Crippen molar-refractivity contribution in [2.75, 3.05) is 26.9 Å². The highest BCUT2D eigenvalue weighted by molar-refractivity contribution is 5.98.